The molecule has 0 saturated carbocycles. The zero-order valence-corrected chi connectivity index (χ0v) is 14.0. The van der Waals surface area contributed by atoms with Gasteiger partial charge in [0.1, 0.15) is 11.5 Å². The lowest BCUT2D eigenvalue weighted by molar-refractivity contribution is 0.0911. The first-order valence-electron chi connectivity index (χ1n) is 7.81. The Bertz CT molecular complexity index is 808. The normalized spacial score (nSPS) is 12.1. The summed E-state index contributed by atoms with van der Waals surface area (Å²) in [6.45, 7) is 1.96. The molecule has 0 saturated heterocycles. The molecule has 1 atom stereocenters. The van der Waals surface area contributed by atoms with E-state index in [4.69, 9.17) is 20.4 Å². The molecular formula is C19H18ClNO3. The summed E-state index contributed by atoms with van der Waals surface area (Å²) >= 11 is 6.15. The van der Waals surface area contributed by atoms with Crippen LogP contribution >= 0.6 is 11.6 Å². The molecule has 24 heavy (non-hydrogen) atoms. The summed E-state index contributed by atoms with van der Waals surface area (Å²) < 4.78 is 10.9. The first-order chi connectivity index (χ1) is 11.6. The monoisotopic (exact) mass is 343 g/mol. The predicted molar refractivity (Wildman–Crippen MR) is 93.1 cm³/mol. The molecule has 0 aliphatic carbocycles. The fourth-order valence-corrected chi connectivity index (χ4v) is 2.68. The van der Waals surface area contributed by atoms with Crippen LogP contribution in [0.2, 0.25) is 5.02 Å². The van der Waals surface area contributed by atoms with E-state index in [1.807, 2.05) is 37.3 Å². The third-order valence-corrected chi connectivity index (χ3v) is 4.08. The minimum Gasteiger partial charge on any atom is -0.469 e. The second-order valence-corrected chi connectivity index (χ2v) is 6.04. The van der Waals surface area contributed by atoms with Crippen LogP contribution in [0, 0.1) is 0 Å². The molecule has 5 heteroatoms. The first-order valence-corrected chi connectivity index (χ1v) is 8.19. The number of hydrogen-bond acceptors (Lipinski definition) is 3. The number of amides is 1. The summed E-state index contributed by atoms with van der Waals surface area (Å²) in [7, 11) is 0. The van der Waals surface area contributed by atoms with E-state index in [-0.39, 0.29) is 17.7 Å². The van der Waals surface area contributed by atoms with Gasteiger partial charge in [0.2, 0.25) is 0 Å². The van der Waals surface area contributed by atoms with Crippen molar-refractivity contribution in [3.8, 4) is 11.3 Å². The molecule has 4 nitrogen and oxygen atoms in total. The molecule has 1 N–H and O–H groups in total. The van der Waals surface area contributed by atoms with Crippen LogP contribution in [0.5, 0.6) is 0 Å². The second-order valence-electron chi connectivity index (χ2n) is 5.64. The highest BCUT2D eigenvalue weighted by Gasteiger charge is 2.16. The van der Waals surface area contributed by atoms with Crippen molar-refractivity contribution in [3.63, 3.8) is 0 Å². The van der Waals surface area contributed by atoms with E-state index in [0.29, 0.717) is 10.8 Å². The molecule has 0 fully saturated rings. The van der Waals surface area contributed by atoms with Crippen molar-refractivity contribution >= 4 is 17.5 Å². The van der Waals surface area contributed by atoms with Gasteiger partial charge in [-0.25, -0.2) is 0 Å². The average Bonchev–Trinajstić information content (AvgIpc) is 3.25. The fourth-order valence-electron chi connectivity index (χ4n) is 2.45. The van der Waals surface area contributed by atoms with Crippen LogP contribution in [-0.4, -0.2) is 11.9 Å². The van der Waals surface area contributed by atoms with Crippen LogP contribution in [0.25, 0.3) is 11.3 Å². The molecule has 0 aliphatic rings. The van der Waals surface area contributed by atoms with Gasteiger partial charge in [-0.3, -0.25) is 4.79 Å². The van der Waals surface area contributed by atoms with Crippen molar-refractivity contribution in [2.24, 2.45) is 0 Å². The number of rotatable bonds is 6. The van der Waals surface area contributed by atoms with E-state index in [2.05, 4.69) is 5.32 Å². The quantitative estimate of drug-likeness (QED) is 0.689. The van der Waals surface area contributed by atoms with Gasteiger partial charge in [0.25, 0.3) is 5.91 Å². The Morgan fingerprint density at radius 1 is 1.17 bits per heavy atom. The van der Waals surface area contributed by atoms with Gasteiger partial charge in [-0.2, -0.15) is 0 Å². The van der Waals surface area contributed by atoms with Crippen molar-refractivity contribution in [1.82, 2.24) is 5.32 Å². The smallest absolute Gasteiger partial charge is 0.287 e. The molecule has 1 amide bonds. The van der Waals surface area contributed by atoms with Crippen LogP contribution in [0.1, 0.15) is 29.7 Å². The highest BCUT2D eigenvalue weighted by Crippen LogP contribution is 2.29. The van der Waals surface area contributed by atoms with Gasteiger partial charge >= 0.3 is 0 Å². The minimum atomic E-state index is -0.236. The number of hydrogen-bond donors (Lipinski definition) is 1. The maximum Gasteiger partial charge on any atom is 0.287 e. The van der Waals surface area contributed by atoms with E-state index in [0.717, 1.165) is 24.2 Å². The Labute approximate surface area is 145 Å². The van der Waals surface area contributed by atoms with Crippen LogP contribution in [0.15, 0.2) is 63.6 Å². The number of aryl methyl sites for hydroxylation is 1. The second kappa shape index (κ2) is 7.41. The van der Waals surface area contributed by atoms with Crippen LogP contribution in [0.3, 0.4) is 0 Å². The van der Waals surface area contributed by atoms with Gasteiger partial charge in [0, 0.05) is 18.0 Å². The maximum absolute atomic E-state index is 12.3. The largest absolute Gasteiger partial charge is 0.469 e. The van der Waals surface area contributed by atoms with Crippen LogP contribution in [0.4, 0.5) is 0 Å². The highest BCUT2D eigenvalue weighted by molar-refractivity contribution is 6.33. The van der Waals surface area contributed by atoms with Gasteiger partial charge in [-0.05, 0) is 49.7 Å². The summed E-state index contributed by atoms with van der Waals surface area (Å²) in [4.78, 5) is 12.3. The number of furan rings is 2. The SMILES string of the molecule is CC(CCc1ccco1)NC(=O)c1ccc(-c2ccccc2Cl)o1. The number of carbonyl (C=O) groups excluding carboxylic acids is 1. The Morgan fingerprint density at radius 2 is 2.00 bits per heavy atom. The van der Waals surface area contributed by atoms with E-state index < -0.39 is 0 Å². The summed E-state index contributed by atoms with van der Waals surface area (Å²) in [6, 6.07) is 14.6. The van der Waals surface area contributed by atoms with Crippen LogP contribution in [-0.2, 0) is 6.42 Å². The van der Waals surface area contributed by atoms with Crippen molar-refractivity contribution in [2.75, 3.05) is 0 Å². The van der Waals surface area contributed by atoms with Gasteiger partial charge in [0.05, 0.1) is 11.3 Å². The molecule has 124 valence electrons. The fraction of sp³-hybridized carbons (Fsp3) is 0.211. The van der Waals surface area contributed by atoms with Crippen molar-refractivity contribution in [3.05, 3.63) is 71.3 Å². The Hall–Kier alpha value is -2.46. The van der Waals surface area contributed by atoms with Gasteiger partial charge in [-0.1, -0.05) is 23.7 Å². The lowest BCUT2D eigenvalue weighted by Gasteiger charge is -2.11. The van der Waals surface area contributed by atoms with Gasteiger partial charge in [-0.15, -0.1) is 0 Å². The number of halogens is 1. The zero-order valence-electron chi connectivity index (χ0n) is 13.3. The summed E-state index contributed by atoms with van der Waals surface area (Å²) in [5.74, 6) is 1.53. The first kappa shape index (κ1) is 16.4. The molecule has 3 rings (SSSR count). The molecule has 2 aromatic heterocycles. The summed E-state index contributed by atoms with van der Waals surface area (Å²) in [6.07, 6.45) is 3.21. The molecule has 3 aromatic rings. The Balaban J connectivity index is 1.60. The van der Waals surface area contributed by atoms with Crippen LogP contribution < -0.4 is 5.32 Å². The standard InChI is InChI=1S/C19H18ClNO3/c1-13(8-9-14-5-4-12-23-14)21-19(22)18-11-10-17(24-18)15-6-2-3-7-16(15)20/h2-7,10-13H,8-9H2,1H3,(H,21,22). The molecule has 0 radical (unpaired) electrons. The van der Waals surface area contributed by atoms with Crippen molar-refractivity contribution < 1.29 is 13.6 Å². The van der Waals surface area contributed by atoms with E-state index in [1.165, 1.54) is 0 Å². The summed E-state index contributed by atoms with van der Waals surface area (Å²) in [5.41, 5.74) is 0.768. The maximum atomic E-state index is 12.3. The highest BCUT2D eigenvalue weighted by atomic mass is 35.5. The van der Waals surface area contributed by atoms with Crippen molar-refractivity contribution in [1.29, 1.82) is 0 Å². The third-order valence-electron chi connectivity index (χ3n) is 3.75. The lowest BCUT2D eigenvalue weighted by Crippen LogP contribution is -2.32. The molecular weight excluding hydrogens is 326 g/mol. The number of benzene rings is 1. The zero-order chi connectivity index (χ0) is 16.9. The molecule has 0 aliphatic heterocycles. The average molecular weight is 344 g/mol. The topological polar surface area (TPSA) is 55.4 Å². The van der Waals surface area contributed by atoms with E-state index >= 15 is 0 Å². The molecule has 1 aromatic carbocycles. The Morgan fingerprint density at radius 3 is 2.75 bits per heavy atom. The number of nitrogens with one attached hydrogen (secondary N) is 1. The lowest BCUT2D eigenvalue weighted by atomic mass is 10.1. The van der Waals surface area contributed by atoms with Gasteiger partial charge < -0.3 is 14.2 Å². The predicted octanol–water partition coefficient (Wildman–Crippen LogP) is 4.94. The third kappa shape index (κ3) is 3.89. The van der Waals surface area contributed by atoms with Crippen molar-refractivity contribution in [2.45, 2.75) is 25.8 Å². The molecule has 1 unspecified atom stereocenters. The molecule has 0 spiro atoms. The summed E-state index contributed by atoms with van der Waals surface area (Å²) in [5, 5.41) is 3.52. The molecule has 0 bridgehead atoms. The number of carbonyl (C=O) groups is 1. The molecule has 2 heterocycles. The minimum absolute atomic E-state index is 0.0106. The Kier molecular flexibility index (Phi) is 5.06. The van der Waals surface area contributed by atoms with E-state index in [1.54, 1.807) is 24.5 Å². The van der Waals surface area contributed by atoms with E-state index in [9.17, 15) is 4.79 Å². The van der Waals surface area contributed by atoms with Gasteiger partial charge in [0.15, 0.2) is 5.76 Å².